The first-order valence-corrected chi connectivity index (χ1v) is 6.88. The predicted octanol–water partition coefficient (Wildman–Crippen LogP) is 2.49. The number of nitrogen functional groups attached to an aromatic ring is 1. The molecule has 0 spiro atoms. The number of nitrogens with two attached hydrogens (primary N) is 1. The smallest absolute Gasteiger partial charge is 0.282 e. The van der Waals surface area contributed by atoms with Crippen LogP contribution in [-0.2, 0) is 0 Å². The minimum Gasteiger partial charge on any atom is -0.397 e. The van der Waals surface area contributed by atoms with Crippen molar-refractivity contribution in [2.45, 2.75) is 0 Å². The van der Waals surface area contributed by atoms with Crippen LogP contribution in [0.25, 0.3) is 27.8 Å². The van der Waals surface area contributed by atoms with Crippen LogP contribution in [0.3, 0.4) is 0 Å². The van der Waals surface area contributed by atoms with Crippen LogP contribution in [0.5, 0.6) is 0 Å². The average Bonchev–Trinajstić information content (AvgIpc) is 2.55. The molecule has 0 aliphatic carbocycles. The summed E-state index contributed by atoms with van der Waals surface area (Å²) in [7, 11) is 0. The first-order chi connectivity index (χ1) is 10.7. The van der Waals surface area contributed by atoms with Crippen LogP contribution in [0.1, 0.15) is 0 Å². The van der Waals surface area contributed by atoms with E-state index >= 15 is 0 Å². The molecule has 0 fully saturated rings. The molecule has 2 heterocycles. The Balaban J connectivity index is 2.11. The van der Waals surface area contributed by atoms with Gasteiger partial charge in [-0.15, -0.1) is 0 Å². The summed E-state index contributed by atoms with van der Waals surface area (Å²) in [5.41, 5.74) is 8.92. The summed E-state index contributed by atoms with van der Waals surface area (Å²) in [6, 6.07) is 18.4. The zero-order valence-electron chi connectivity index (χ0n) is 11.6. The summed E-state index contributed by atoms with van der Waals surface area (Å²) in [5.74, 6) is 0. The topological polar surface area (TPSA) is 73.3 Å². The molecule has 0 saturated carbocycles. The molecule has 0 atom stereocenters. The van der Waals surface area contributed by atoms with Gasteiger partial charge in [-0.2, -0.15) is 9.61 Å². The van der Waals surface area contributed by atoms with E-state index in [1.807, 2.05) is 42.5 Å². The van der Waals surface area contributed by atoms with Gasteiger partial charge in [-0.05, 0) is 12.1 Å². The molecule has 2 N–H and O–H groups in total. The maximum atomic E-state index is 12.6. The summed E-state index contributed by atoms with van der Waals surface area (Å²) in [6.45, 7) is 0. The number of nitrogens with zero attached hydrogens (tertiary/aromatic N) is 3. The number of hydrogen-bond acceptors (Lipinski definition) is 4. The van der Waals surface area contributed by atoms with Gasteiger partial charge in [-0.3, -0.25) is 4.79 Å². The summed E-state index contributed by atoms with van der Waals surface area (Å²) in [6.07, 6.45) is 0. The third kappa shape index (κ3) is 1.83. The Hall–Kier alpha value is -3.21. The average molecular weight is 288 g/mol. The Bertz CT molecular complexity index is 1050. The SMILES string of the molecule is Nc1cc2nc3ccccc3c(=O)n2nc1-c1ccccc1. The Morgan fingerprint density at radius 3 is 2.50 bits per heavy atom. The number of benzene rings is 2. The Kier molecular flexibility index (Phi) is 2.66. The van der Waals surface area contributed by atoms with Crippen molar-refractivity contribution in [3.8, 4) is 11.3 Å². The molecular formula is C17H12N4O. The van der Waals surface area contributed by atoms with Crippen molar-refractivity contribution < 1.29 is 0 Å². The minimum absolute atomic E-state index is 0.196. The molecule has 0 saturated heterocycles. The number of rotatable bonds is 1. The lowest BCUT2D eigenvalue weighted by atomic mass is 10.1. The second kappa shape index (κ2) is 4.66. The second-order valence-corrected chi connectivity index (χ2v) is 5.02. The highest BCUT2D eigenvalue weighted by atomic mass is 16.1. The molecule has 5 heteroatoms. The highest BCUT2D eigenvalue weighted by molar-refractivity contribution is 5.81. The Labute approximate surface area is 125 Å². The lowest BCUT2D eigenvalue weighted by molar-refractivity contribution is 0.889. The van der Waals surface area contributed by atoms with E-state index in [1.165, 1.54) is 4.52 Å². The van der Waals surface area contributed by atoms with E-state index in [-0.39, 0.29) is 5.56 Å². The van der Waals surface area contributed by atoms with Gasteiger partial charge in [-0.1, -0.05) is 42.5 Å². The number of aromatic nitrogens is 3. The number of fused-ring (bicyclic) bond motifs is 2. The molecule has 106 valence electrons. The molecule has 4 aromatic rings. The van der Waals surface area contributed by atoms with Gasteiger partial charge in [0, 0.05) is 11.6 Å². The zero-order chi connectivity index (χ0) is 15.1. The molecule has 2 aromatic heterocycles. The molecule has 0 aliphatic rings. The van der Waals surface area contributed by atoms with Gasteiger partial charge >= 0.3 is 0 Å². The summed E-state index contributed by atoms with van der Waals surface area (Å²) < 4.78 is 1.31. The number of para-hydroxylation sites is 1. The van der Waals surface area contributed by atoms with Gasteiger partial charge in [0.15, 0.2) is 5.65 Å². The van der Waals surface area contributed by atoms with Gasteiger partial charge in [0.05, 0.1) is 16.6 Å². The molecule has 0 unspecified atom stereocenters. The molecule has 0 bridgehead atoms. The monoisotopic (exact) mass is 288 g/mol. The van der Waals surface area contributed by atoms with E-state index in [1.54, 1.807) is 18.2 Å². The van der Waals surface area contributed by atoms with Crippen LogP contribution >= 0.6 is 0 Å². The maximum absolute atomic E-state index is 12.6. The van der Waals surface area contributed by atoms with E-state index < -0.39 is 0 Å². The van der Waals surface area contributed by atoms with Gasteiger partial charge in [0.2, 0.25) is 0 Å². The standard InChI is InChI=1S/C17H12N4O/c18-13-10-15-19-14-9-5-4-8-12(14)17(22)21(15)20-16(13)11-6-2-1-3-7-11/h1-10H,18H2. The molecule has 2 aromatic carbocycles. The summed E-state index contributed by atoms with van der Waals surface area (Å²) in [5, 5.41) is 4.95. The predicted molar refractivity (Wildman–Crippen MR) is 86.6 cm³/mol. The van der Waals surface area contributed by atoms with E-state index in [2.05, 4.69) is 10.1 Å². The lowest BCUT2D eigenvalue weighted by Crippen LogP contribution is -2.19. The fourth-order valence-corrected chi connectivity index (χ4v) is 2.52. The van der Waals surface area contributed by atoms with Crippen LogP contribution in [0.2, 0.25) is 0 Å². The van der Waals surface area contributed by atoms with Gasteiger partial charge in [0.25, 0.3) is 5.56 Å². The quantitative estimate of drug-likeness (QED) is 0.546. The van der Waals surface area contributed by atoms with Crippen molar-refractivity contribution in [1.82, 2.24) is 14.6 Å². The first kappa shape index (κ1) is 12.5. The fourth-order valence-electron chi connectivity index (χ4n) is 2.52. The van der Waals surface area contributed by atoms with E-state index in [0.717, 1.165) is 5.56 Å². The molecule has 4 rings (SSSR count). The molecule has 0 amide bonds. The maximum Gasteiger partial charge on any atom is 0.282 e. The van der Waals surface area contributed by atoms with Crippen LogP contribution in [-0.4, -0.2) is 14.6 Å². The van der Waals surface area contributed by atoms with Gasteiger partial charge < -0.3 is 5.73 Å². The highest BCUT2D eigenvalue weighted by Gasteiger charge is 2.11. The van der Waals surface area contributed by atoms with Crippen molar-refractivity contribution in [3.05, 3.63) is 71.0 Å². The fraction of sp³-hybridized carbons (Fsp3) is 0. The summed E-state index contributed by atoms with van der Waals surface area (Å²) >= 11 is 0. The van der Waals surface area contributed by atoms with Crippen molar-refractivity contribution >= 4 is 22.2 Å². The van der Waals surface area contributed by atoms with Crippen molar-refractivity contribution in [2.75, 3.05) is 5.73 Å². The molecule has 0 aliphatic heterocycles. The number of hydrogen-bond donors (Lipinski definition) is 1. The number of anilines is 1. The Morgan fingerprint density at radius 2 is 1.68 bits per heavy atom. The third-order valence-electron chi connectivity index (χ3n) is 3.58. The van der Waals surface area contributed by atoms with Crippen molar-refractivity contribution in [1.29, 1.82) is 0 Å². The Morgan fingerprint density at radius 1 is 0.955 bits per heavy atom. The minimum atomic E-state index is -0.196. The molecule has 22 heavy (non-hydrogen) atoms. The van der Waals surface area contributed by atoms with Crippen LogP contribution in [0, 0.1) is 0 Å². The van der Waals surface area contributed by atoms with Crippen molar-refractivity contribution in [2.24, 2.45) is 0 Å². The third-order valence-corrected chi connectivity index (χ3v) is 3.58. The highest BCUT2D eigenvalue weighted by Crippen LogP contribution is 2.23. The largest absolute Gasteiger partial charge is 0.397 e. The van der Waals surface area contributed by atoms with Crippen molar-refractivity contribution in [3.63, 3.8) is 0 Å². The van der Waals surface area contributed by atoms with Crippen LogP contribution in [0.15, 0.2) is 65.5 Å². The normalized spacial score (nSPS) is 11.1. The van der Waals surface area contributed by atoms with E-state index in [4.69, 9.17) is 5.73 Å². The second-order valence-electron chi connectivity index (χ2n) is 5.02. The van der Waals surface area contributed by atoms with Crippen LogP contribution in [0.4, 0.5) is 5.69 Å². The van der Waals surface area contributed by atoms with E-state index in [0.29, 0.717) is 27.9 Å². The lowest BCUT2D eigenvalue weighted by Gasteiger charge is -2.08. The van der Waals surface area contributed by atoms with Gasteiger partial charge in [0.1, 0.15) is 5.69 Å². The molecule has 0 radical (unpaired) electrons. The van der Waals surface area contributed by atoms with Crippen LogP contribution < -0.4 is 11.3 Å². The molecule has 5 nitrogen and oxygen atoms in total. The molecular weight excluding hydrogens is 276 g/mol. The zero-order valence-corrected chi connectivity index (χ0v) is 11.6. The first-order valence-electron chi connectivity index (χ1n) is 6.88. The van der Waals surface area contributed by atoms with E-state index in [9.17, 15) is 4.79 Å². The summed E-state index contributed by atoms with van der Waals surface area (Å²) in [4.78, 5) is 17.1. The van der Waals surface area contributed by atoms with Gasteiger partial charge in [-0.25, -0.2) is 4.98 Å².